The molecule has 9 heteroatoms. The molecule has 4 nitrogen and oxygen atoms in total. The van der Waals surface area contributed by atoms with Crippen LogP contribution in [-0.4, -0.2) is 16.3 Å². The molecule has 3 aromatic carbocycles. The van der Waals surface area contributed by atoms with E-state index in [1.165, 1.54) is 24.3 Å². The number of benzene rings is 3. The van der Waals surface area contributed by atoms with E-state index in [2.05, 4.69) is 4.74 Å². The highest BCUT2D eigenvalue weighted by Crippen LogP contribution is 2.37. The van der Waals surface area contributed by atoms with Crippen LogP contribution in [0.15, 0.2) is 84.9 Å². The maximum atomic E-state index is 12.6. The Balaban J connectivity index is 0.00000148. The van der Waals surface area contributed by atoms with E-state index < -0.39 is 6.36 Å². The third-order valence-electron chi connectivity index (χ3n) is 5.10. The number of ether oxygens (including phenoxy) is 1. The first-order chi connectivity index (χ1) is 17.3. The van der Waals surface area contributed by atoms with Gasteiger partial charge in [-0.3, -0.25) is 4.90 Å². The normalized spacial score (nSPS) is 11.2. The summed E-state index contributed by atoms with van der Waals surface area (Å²) in [6.07, 6.45) is -4.78. The molecule has 0 amide bonds. The van der Waals surface area contributed by atoms with Crippen molar-refractivity contribution in [1.29, 1.82) is 0 Å². The van der Waals surface area contributed by atoms with Gasteiger partial charge in [0.15, 0.2) is 0 Å². The number of rotatable bonds is 4. The van der Waals surface area contributed by atoms with Gasteiger partial charge < -0.3 is 4.74 Å². The Bertz CT molecular complexity index is 1420. The average molecular weight is 530 g/mol. The number of halogens is 5. The van der Waals surface area contributed by atoms with Gasteiger partial charge in [0.25, 0.3) is 0 Å². The lowest BCUT2D eigenvalue weighted by molar-refractivity contribution is -0.274. The van der Waals surface area contributed by atoms with E-state index in [0.717, 1.165) is 10.8 Å². The summed E-state index contributed by atoms with van der Waals surface area (Å²) in [7, 11) is 0. The minimum Gasteiger partial charge on any atom is -0.406 e. The smallest absolute Gasteiger partial charge is 0.406 e. The fraction of sp³-hybridized carbons (Fsp3) is 0.111. The number of fused-ring (bicyclic) bond motifs is 2. The van der Waals surface area contributed by atoms with Crippen molar-refractivity contribution < 1.29 is 17.9 Å². The molecule has 0 spiro atoms. The number of aromatic nitrogens is 2. The summed E-state index contributed by atoms with van der Waals surface area (Å²) < 4.78 is 41.9. The first-order valence-electron chi connectivity index (χ1n) is 11.0. The first-order valence-corrected chi connectivity index (χ1v) is 11.8. The molecule has 2 aromatic heterocycles. The fourth-order valence-corrected chi connectivity index (χ4v) is 4.08. The molecule has 0 aliphatic rings. The summed E-state index contributed by atoms with van der Waals surface area (Å²) in [4.78, 5) is 11.2. The molecule has 0 unspecified atom stereocenters. The molecule has 0 radical (unpaired) electrons. The van der Waals surface area contributed by atoms with Crippen molar-refractivity contribution in [2.45, 2.75) is 20.2 Å². The third-order valence-corrected chi connectivity index (χ3v) is 5.71. The van der Waals surface area contributed by atoms with Crippen molar-refractivity contribution in [3.8, 4) is 5.75 Å². The van der Waals surface area contributed by atoms with Gasteiger partial charge in [0.05, 0.1) is 21.1 Å². The van der Waals surface area contributed by atoms with Gasteiger partial charge in [-0.15, -0.1) is 13.2 Å². The van der Waals surface area contributed by atoms with Crippen LogP contribution in [0.4, 0.5) is 30.5 Å². The highest BCUT2D eigenvalue weighted by atomic mass is 35.5. The Hall–Kier alpha value is -3.55. The second kappa shape index (κ2) is 10.6. The number of alkyl halides is 3. The van der Waals surface area contributed by atoms with Crippen LogP contribution in [-0.2, 0) is 0 Å². The lowest BCUT2D eigenvalue weighted by atomic mass is 10.2. The van der Waals surface area contributed by atoms with E-state index >= 15 is 0 Å². The molecule has 0 bridgehead atoms. The monoisotopic (exact) mass is 529 g/mol. The van der Waals surface area contributed by atoms with Crippen LogP contribution in [0, 0.1) is 0 Å². The molecule has 0 atom stereocenters. The predicted molar refractivity (Wildman–Crippen MR) is 140 cm³/mol. The zero-order chi connectivity index (χ0) is 25.9. The number of anilines is 3. The molecule has 5 rings (SSSR count). The van der Waals surface area contributed by atoms with E-state index in [1.807, 2.05) is 50.2 Å². The Morgan fingerprint density at radius 1 is 0.667 bits per heavy atom. The molecule has 5 aromatic rings. The number of para-hydroxylation sites is 2. The Morgan fingerprint density at radius 2 is 1.14 bits per heavy atom. The summed E-state index contributed by atoms with van der Waals surface area (Å²) in [5.41, 5.74) is 1.69. The van der Waals surface area contributed by atoms with Crippen LogP contribution in [0.2, 0.25) is 10.0 Å². The van der Waals surface area contributed by atoms with Gasteiger partial charge >= 0.3 is 6.36 Å². The lowest BCUT2D eigenvalue weighted by Gasteiger charge is -2.24. The minimum absolute atomic E-state index is 0.333. The number of pyridine rings is 2. The second-order valence-electron chi connectivity index (χ2n) is 7.34. The maximum absolute atomic E-state index is 12.6. The zero-order valence-corrected chi connectivity index (χ0v) is 20.7. The Morgan fingerprint density at radius 3 is 1.58 bits per heavy atom. The maximum Gasteiger partial charge on any atom is 0.573 e. The van der Waals surface area contributed by atoms with Crippen molar-refractivity contribution in [2.75, 3.05) is 4.90 Å². The van der Waals surface area contributed by atoms with Gasteiger partial charge in [0.2, 0.25) is 0 Å². The second-order valence-corrected chi connectivity index (χ2v) is 8.15. The topological polar surface area (TPSA) is 38.2 Å². The Kier molecular flexibility index (Phi) is 7.52. The van der Waals surface area contributed by atoms with Crippen molar-refractivity contribution in [2.24, 2.45) is 0 Å². The van der Waals surface area contributed by atoms with Gasteiger partial charge in [0.1, 0.15) is 17.4 Å². The van der Waals surface area contributed by atoms with Crippen molar-refractivity contribution in [1.82, 2.24) is 9.97 Å². The molecule has 0 aliphatic carbocycles. The third kappa shape index (κ3) is 5.48. The fourth-order valence-electron chi connectivity index (χ4n) is 3.63. The van der Waals surface area contributed by atoms with Crippen molar-refractivity contribution in [3.05, 3.63) is 95.0 Å². The number of hydrogen-bond acceptors (Lipinski definition) is 4. The molecular weight excluding hydrogens is 510 g/mol. The van der Waals surface area contributed by atoms with Crippen molar-refractivity contribution in [3.63, 3.8) is 0 Å². The first kappa shape index (κ1) is 25.5. The highest BCUT2D eigenvalue weighted by molar-refractivity contribution is 6.35. The molecule has 2 heterocycles. The summed E-state index contributed by atoms with van der Waals surface area (Å²) in [5, 5.41) is 2.64. The number of hydrogen-bond donors (Lipinski definition) is 0. The molecular formula is C27H20Cl2F3N3O. The molecule has 36 heavy (non-hydrogen) atoms. The predicted octanol–water partition coefficient (Wildman–Crippen LogP) is 9.48. The van der Waals surface area contributed by atoms with Crippen LogP contribution in [0.25, 0.3) is 21.8 Å². The van der Waals surface area contributed by atoms with Gasteiger partial charge in [-0.05, 0) is 60.7 Å². The van der Waals surface area contributed by atoms with Crippen LogP contribution >= 0.6 is 23.2 Å². The summed E-state index contributed by atoms with van der Waals surface area (Å²) in [5.74, 6) is 0.619. The largest absolute Gasteiger partial charge is 0.573 e. The van der Waals surface area contributed by atoms with E-state index in [1.54, 1.807) is 29.2 Å². The SMILES string of the molecule is CC.FC(F)(F)Oc1ccc(N(c2ccc3cccc(Cl)c3n2)c2ccc3cccc(Cl)c3n2)cc1. The standard InChI is InChI=1S/C25H14Cl2F3N3O.C2H6/c26-19-5-1-3-15-7-13-21(31-23(15)19)33(17-9-11-18(12-10-17)34-25(28,29)30)22-14-8-16-4-2-6-20(27)24(16)32-22;1-2/h1-14H;1-2H3. The minimum atomic E-state index is -4.78. The van der Waals surface area contributed by atoms with Crippen LogP contribution in [0.1, 0.15) is 13.8 Å². The lowest BCUT2D eigenvalue weighted by Crippen LogP contribution is -2.17. The van der Waals surface area contributed by atoms with E-state index in [-0.39, 0.29) is 5.75 Å². The highest BCUT2D eigenvalue weighted by Gasteiger charge is 2.31. The molecule has 184 valence electrons. The van der Waals surface area contributed by atoms with Gasteiger partial charge in [-0.2, -0.15) is 0 Å². The quantitative estimate of drug-likeness (QED) is 0.232. The average Bonchev–Trinajstić information content (AvgIpc) is 2.86. The van der Waals surface area contributed by atoms with Crippen LogP contribution in [0.5, 0.6) is 5.75 Å². The summed E-state index contributed by atoms with van der Waals surface area (Å²) >= 11 is 12.7. The number of nitrogens with zero attached hydrogens (tertiary/aromatic N) is 3. The molecule has 0 saturated carbocycles. The van der Waals surface area contributed by atoms with Crippen molar-refractivity contribution >= 4 is 62.3 Å². The van der Waals surface area contributed by atoms with Gasteiger partial charge in [-0.25, -0.2) is 9.97 Å². The molecule has 0 fully saturated rings. The van der Waals surface area contributed by atoms with Gasteiger partial charge in [0, 0.05) is 16.5 Å². The van der Waals surface area contributed by atoms with Crippen LogP contribution in [0.3, 0.4) is 0 Å². The molecule has 0 saturated heterocycles. The zero-order valence-electron chi connectivity index (χ0n) is 19.2. The van der Waals surface area contributed by atoms with Crippen LogP contribution < -0.4 is 9.64 Å². The van der Waals surface area contributed by atoms with E-state index in [0.29, 0.717) is 38.4 Å². The summed E-state index contributed by atoms with van der Waals surface area (Å²) in [6.45, 7) is 4.00. The molecule has 0 N–H and O–H groups in total. The van der Waals surface area contributed by atoms with E-state index in [9.17, 15) is 13.2 Å². The Labute approximate surface area is 215 Å². The van der Waals surface area contributed by atoms with Gasteiger partial charge in [-0.1, -0.05) is 61.3 Å². The molecule has 0 aliphatic heterocycles. The summed E-state index contributed by atoms with van der Waals surface area (Å²) in [6, 6.07) is 23.7. The van der Waals surface area contributed by atoms with E-state index in [4.69, 9.17) is 33.2 Å².